The smallest absolute Gasteiger partial charge is 0.236 e. The molecular formula is C15H29N3O2. The van der Waals surface area contributed by atoms with Crippen molar-refractivity contribution in [3.63, 3.8) is 0 Å². The first-order chi connectivity index (χ1) is 9.41. The van der Waals surface area contributed by atoms with E-state index in [1.54, 1.807) is 0 Å². The largest absolute Gasteiger partial charge is 0.378 e. The minimum atomic E-state index is 0.232. The summed E-state index contributed by atoms with van der Waals surface area (Å²) in [4.78, 5) is 18.8. The molecular weight excluding hydrogens is 254 g/mol. The number of carbonyl (C=O) groups excluding carboxylic acids is 1. The molecule has 0 N–H and O–H groups in total. The molecule has 0 spiro atoms. The highest BCUT2D eigenvalue weighted by Gasteiger charge is 2.39. The molecule has 0 aliphatic carbocycles. The van der Waals surface area contributed by atoms with Gasteiger partial charge in [0.05, 0.1) is 19.8 Å². The Morgan fingerprint density at radius 1 is 1.30 bits per heavy atom. The first-order valence-electron chi connectivity index (χ1n) is 7.66. The van der Waals surface area contributed by atoms with Crippen molar-refractivity contribution in [2.24, 2.45) is 5.92 Å². The van der Waals surface area contributed by atoms with Gasteiger partial charge < -0.3 is 14.5 Å². The Balaban J connectivity index is 1.80. The summed E-state index contributed by atoms with van der Waals surface area (Å²) in [7, 11) is 4.26. The molecule has 20 heavy (non-hydrogen) atoms. The van der Waals surface area contributed by atoms with Crippen LogP contribution in [0.2, 0.25) is 0 Å². The second-order valence-electron chi connectivity index (χ2n) is 6.75. The van der Waals surface area contributed by atoms with E-state index in [0.29, 0.717) is 25.7 Å². The molecule has 0 aromatic rings. The maximum atomic E-state index is 12.2. The highest BCUT2D eigenvalue weighted by Crippen LogP contribution is 2.33. The molecule has 2 aliphatic rings. The monoisotopic (exact) mass is 283 g/mol. The van der Waals surface area contributed by atoms with Crippen molar-refractivity contribution in [1.82, 2.24) is 14.7 Å². The molecule has 0 aromatic heterocycles. The average Bonchev–Trinajstić information content (AvgIpc) is 2.66. The van der Waals surface area contributed by atoms with Gasteiger partial charge in [-0.3, -0.25) is 9.69 Å². The molecule has 0 bridgehead atoms. The number of likely N-dealkylation sites (tertiary alicyclic amines) is 1. The van der Waals surface area contributed by atoms with Crippen molar-refractivity contribution in [2.45, 2.75) is 25.8 Å². The van der Waals surface area contributed by atoms with Crippen LogP contribution in [-0.2, 0) is 9.53 Å². The summed E-state index contributed by atoms with van der Waals surface area (Å²) in [5.74, 6) is 0.870. The number of likely N-dealkylation sites (N-methyl/N-ethyl adjacent to an activating group) is 1. The minimum Gasteiger partial charge on any atom is -0.378 e. The summed E-state index contributed by atoms with van der Waals surface area (Å²) in [6, 6.07) is 0. The van der Waals surface area contributed by atoms with Crippen LogP contribution in [0.15, 0.2) is 0 Å². The first-order valence-corrected chi connectivity index (χ1v) is 7.66. The van der Waals surface area contributed by atoms with Crippen molar-refractivity contribution in [3.8, 4) is 0 Å². The third-order valence-corrected chi connectivity index (χ3v) is 5.10. The van der Waals surface area contributed by atoms with Crippen molar-refractivity contribution in [3.05, 3.63) is 0 Å². The number of amides is 1. The van der Waals surface area contributed by atoms with Gasteiger partial charge in [-0.1, -0.05) is 0 Å². The fraction of sp³-hybridized carbons (Fsp3) is 0.933. The van der Waals surface area contributed by atoms with E-state index in [4.69, 9.17) is 4.74 Å². The zero-order chi connectivity index (χ0) is 14.8. The fourth-order valence-corrected chi connectivity index (χ4v) is 3.20. The van der Waals surface area contributed by atoms with Gasteiger partial charge in [-0.25, -0.2) is 0 Å². The lowest BCUT2D eigenvalue weighted by Gasteiger charge is -2.36. The van der Waals surface area contributed by atoms with E-state index in [9.17, 15) is 4.79 Å². The number of hydrogen-bond acceptors (Lipinski definition) is 4. The van der Waals surface area contributed by atoms with Gasteiger partial charge >= 0.3 is 0 Å². The standard InChI is InChI=1S/C15H29N3O2/c1-15(2)13(5-6-17(15)4)11-16(3)12-14(19)18-7-9-20-10-8-18/h13H,5-12H2,1-4H3/t13-/m1/s1. The summed E-state index contributed by atoms with van der Waals surface area (Å²) in [5.41, 5.74) is 0.232. The fourth-order valence-electron chi connectivity index (χ4n) is 3.20. The Labute approximate surface area is 122 Å². The minimum absolute atomic E-state index is 0.232. The maximum absolute atomic E-state index is 12.2. The van der Waals surface area contributed by atoms with Crippen molar-refractivity contribution in [2.75, 3.05) is 60.0 Å². The topological polar surface area (TPSA) is 36.0 Å². The molecule has 2 aliphatic heterocycles. The zero-order valence-electron chi connectivity index (χ0n) is 13.4. The Bertz CT molecular complexity index is 340. The summed E-state index contributed by atoms with van der Waals surface area (Å²) >= 11 is 0. The van der Waals surface area contributed by atoms with Gasteiger partial charge in [0.1, 0.15) is 0 Å². The SMILES string of the molecule is CN(CC(=O)N1CCOCC1)C[C@H]1CCN(C)C1(C)C. The molecule has 116 valence electrons. The van der Waals surface area contributed by atoms with Crippen LogP contribution in [-0.4, -0.2) is 86.2 Å². The number of rotatable bonds is 4. The highest BCUT2D eigenvalue weighted by molar-refractivity contribution is 5.78. The zero-order valence-corrected chi connectivity index (χ0v) is 13.4. The van der Waals surface area contributed by atoms with Gasteiger partial charge in [0.25, 0.3) is 0 Å². The number of morpholine rings is 1. The molecule has 2 heterocycles. The Hall–Kier alpha value is -0.650. The average molecular weight is 283 g/mol. The molecule has 1 atom stereocenters. The molecule has 5 nitrogen and oxygen atoms in total. The van der Waals surface area contributed by atoms with E-state index >= 15 is 0 Å². The molecule has 0 aromatic carbocycles. The van der Waals surface area contributed by atoms with Crippen LogP contribution in [0.4, 0.5) is 0 Å². The third-order valence-electron chi connectivity index (χ3n) is 5.10. The number of nitrogens with zero attached hydrogens (tertiary/aromatic N) is 3. The normalized spacial score (nSPS) is 27.2. The molecule has 1 amide bonds. The Morgan fingerprint density at radius 2 is 1.95 bits per heavy atom. The van der Waals surface area contributed by atoms with Crippen molar-refractivity contribution < 1.29 is 9.53 Å². The molecule has 2 saturated heterocycles. The summed E-state index contributed by atoms with van der Waals surface area (Å²) in [6.07, 6.45) is 1.22. The first kappa shape index (κ1) is 15.7. The van der Waals surface area contributed by atoms with E-state index < -0.39 is 0 Å². The van der Waals surface area contributed by atoms with E-state index in [0.717, 1.165) is 26.2 Å². The van der Waals surface area contributed by atoms with Gasteiger partial charge in [-0.05, 0) is 46.8 Å². The van der Waals surface area contributed by atoms with E-state index in [-0.39, 0.29) is 11.4 Å². The molecule has 0 saturated carbocycles. The summed E-state index contributed by atoms with van der Waals surface area (Å²) < 4.78 is 5.29. The predicted molar refractivity (Wildman–Crippen MR) is 79.7 cm³/mol. The summed E-state index contributed by atoms with van der Waals surface area (Å²) in [5, 5.41) is 0. The highest BCUT2D eigenvalue weighted by atomic mass is 16.5. The van der Waals surface area contributed by atoms with Crippen LogP contribution in [0.1, 0.15) is 20.3 Å². The predicted octanol–water partition coefficient (Wildman–Crippen LogP) is 0.507. The number of hydrogen-bond donors (Lipinski definition) is 0. The number of ether oxygens (including phenoxy) is 1. The molecule has 0 unspecified atom stereocenters. The quantitative estimate of drug-likeness (QED) is 0.753. The molecule has 5 heteroatoms. The van der Waals surface area contributed by atoms with Crippen molar-refractivity contribution >= 4 is 5.91 Å². The van der Waals surface area contributed by atoms with Crippen LogP contribution in [0.25, 0.3) is 0 Å². The Morgan fingerprint density at radius 3 is 2.50 bits per heavy atom. The van der Waals surface area contributed by atoms with Gasteiger partial charge in [0.2, 0.25) is 5.91 Å². The second kappa shape index (κ2) is 6.41. The van der Waals surface area contributed by atoms with Gasteiger partial charge in [0.15, 0.2) is 0 Å². The van der Waals surface area contributed by atoms with E-state index in [1.807, 2.05) is 4.90 Å². The number of carbonyl (C=O) groups is 1. The van der Waals surface area contributed by atoms with Crippen LogP contribution < -0.4 is 0 Å². The lowest BCUT2D eigenvalue weighted by atomic mass is 9.88. The van der Waals surface area contributed by atoms with Crippen LogP contribution in [0.3, 0.4) is 0 Å². The van der Waals surface area contributed by atoms with Gasteiger partial charge in [-0.2, -0.15) is 0 Å². The lowest BCUT2D eigenvalue weighted by Crippen LogP contribution is -2.48. The van der Waals surface area contributed by atoms with Crippen molar-refractivity contribution in [1.29, 1.82) is 0 Å². The second-order valence-corrected chi connectivity index (χ2v) is 6.75. The van der Waals surface area contributed by atoms with Crippen LogP contribution in [0.5, 0.6) is 0 Å². The molecule has 2 rings (SSSR count). The van der Waals surface area contributed by atoms with E-state index in [1.165, 1.54) is 6.42 Å². The summed E-state index contributed by atoms with van der Waals surface area (Å²) in [6.45, 7) is 10.1. The lowest BCUT2D eigenvalue weighted by molar-refractivity contribution is -0.136. The van der Waals surface area contributed by atoms with Gasteiger partial charge in [0, 0.05) is 25.2 Å². The van der Waals surface area contributed by atoms with E-state index in [2.05, 4.69) is 37.7 Å². The third kappa shape index (κ3) is 3.51. The molecule has 0 radical (unpaired) electrons. The van der Waals surface area contributed by atoms with Crippen LogP contribution in [0, 0.1) is 5.92 Å². The maximum Gasteiger partial charge on any atom is 0.236 e. The Kier molecular flexibility index (Phi) is 5.04. The van der Waals surface area contributed by atoms with Gasteiger partial charge in [-0.15, -0.1) is 0 Å². The molecule has 2 fully saturated rings. The van der Waals surface area contributed by atoms with Crippen LogP contribution >= 0.6 is 0 Å².